The van der Waals surface area contributed by atoms with Crippen LogP contribution in [0.1, 0.15) is 174 Å². The van der Waals surface area contributed by atoms with Gasteiger partial charge in [-0.15, -0.1) is 42.2 Å². The van der Waals surface area contributed by atoms with E-state index in [9.17, 15) is 19.5 Å². The van der Waals surface area contributed by atoms with Crippen molar-refractivity contribution in [2.24, 2.45) is 5.73 Å². The van der Waals surface area contributed by atoms with Crippen LogP contribution in [0.5, 0.6) is 17.2 Å². The number of tetrazole rings is 3. The van der Waals surface area contributed by atoms with Gasteiger partial charge < -0.3 is 38.3 Å². The van der Waals surface area contributed by atoms with Crippen molar-refractivity contribution in [2.75, 3.05) is 21.3 Å². The minimum Gasteiger partial charge on any atom is -0.494 e. The first-order valence-electron chi connectivity index (χ1n) is 36.6. The van der Waals surface area contributed by atoms with Gasteiger partial charge in [-0.3, -0.25) is 14.4 Å². The van der Waals surface area contributed by atoms with E-state index in [1.54, 1.807) is 46.2 Å². The van der Waals surface area contributed by atoms with Gasteiger partial charge in [0.2, 0.25) is 0 Å². The second-order valence-corrected chi connectivity index (χ2v) is 28.0. The van der Waals surface area contributed by atoms with Crippen molar-refractivity contribution in [3.63, 3.8) is 0 Å². The topological polar surface area (TPSA) is 400 Å². The normalized spacial score (nSPS) is 13.3. The Kier molecular flexibility index (Phi) is 21.4. The van der Waals surface area contributed by atoms with Gasteiger partial charge >= 0.3 is 0 Å². The molecule has 3 saturated carbocycles. The second kappa shape index (κ2) is 32.6. The van der Waals surface area contributed by atoms with E-state index in [1.807, 2.05) is 37.9 Å². The average Bonchev–Trinajstić information content (AvgIpc) is 1.72. The number of carbonyl (C=O) groups excluding carboxylic acids is 3. The van der Waals surface area contributed by atoms with Gasteiger partial charge in [0.1, 0.15) is 53.0 Å². The number of rotatable bonds is 30. The number of nitrogens with zero attached hydrogens (tertiary/aromatic N) is 27. The highest BCUT2D eigenvalue weighted by Crippen LogP contribution is 2.43. The van der Waals surface area contributed by atoms with Gasteiger partial charge in [0, 0.05) is 96.4 Å². The summed E-state index contributed by atoms with van der Waals surface area (Å²) in [5.74, 6) is -0.172. The number of carbonyl (C=O) groups is 3. The number of pyridine rings is 3. The van der Waals surface area contributed by atoms with Crippen LogP contribution in [0, 0.1) is 17.5 Å². The minimum absolute atomic E-state index is 0.00389. The molecule has 35 nitrogen and oxygen atoms in total. The Balaban J connectivity index is 0.000000129. The average molecular weight is 1570 g/mol. The highest BCUT2D eigenvalue weighted by atomic mass is 35.5. The summed E-state index contributed by atoms with van der Waals surface area (Å²) >= 11 is 6.19. The van der Waals surface area contributed by atoms with Crippen molar-refractivity contribution < 1.29 is 46.9 Å². The Morgan fingerprint density at radius 1 is 0.456 bits per heavy atom. The SMILES string of the molecule is COc1ccc(-n2cnnn2)c(CCC(=O)c2cn(Cc3cn4cc(C5CC5)cc(CCl)c4n3)nn2)c1F.COc1ccc(-n2cnnn2)c(CCC(=O)c2cn(Cc3cn4cc(C5CC5)cc(CN)c4n3)nn2)c1F.COc1ccc(-n2cnnn2)c(CCC(=O)c2cn(Cc3cn4cc(C5CC5)cc(CO)c4n3)nn2)c1F. The van der Waals surface area contributed by atoms with Gasteiger partial charge in [-0.25, -0.2) is 56.2 Å². The lowest BCUT2D eigenvalue weighted by atomic mass is 10.0. The number of alkyl halides is 1. The molecule has 0 bridgehead atoms. The second-order valence-electron chi connectivity index (χ2n) is 27.8. The maximum absolute atomic E-state index is 15.1. The van der Waals surface area contributed by atoms with Crippen LogP contribution in [-0.4, -0.2) is 178 Å². The highest BCUT2D eigenvalue weighted by Gasteiger charge is 2.30. The maximum Gasteiger partial charge on any atom is 0.185 e. The third-order valence-electron chi connectivity index (χ3n) is 20.0. The smallest absolute Gasteiger partial charge is 0.185 e. The van der Waals surface area contributed by atoms with E-state index < -0.39 is 17.5 Å². The fourth-order valence-corrected chi connectivity index (χ4v) is 14.0. The van der Waals surface area contributed by atoms with E-state index in [0.717, 1.165) is 57.9 Å². The van der Waals surface area contributed by atoms with Crippen LogP contribution in [-0.2, 0) is 57.9 Å². The lowest BCUT2D eigenvalue weighted by molar-refractivity contribution is 0.0969. The summed E-state index contributed by atoms with van der Waals surface area (Å²) in [4.78, 5) is 52.9. The molecule has 12 heterocycles. The molecule has 3 aliphatic rings. The van der Waals surface area contributed by atoms with E-state index >= 15 is 13.2 Å². The number of fused-ring (bicyclic) bond motifs is 3. The Hall–Kier alpha value is -13.2. The van der Waals surface area contributed by atoms with E-state index in [4.69, 9.17) is 41.5 Å². The number of aliphatic hydroxyl groups is 1. The Bertz CT molecular complexity index is 5450. The lowest BCUT2D eigenvalue weighted by Crippen LogP contribution is -2.08. The molecule has 3 aliphatic carbocycles. The number of ketones is 3. The number of hydrogen-bond donors (Lipinski definition) is 2. The molecule has 0 saturated heterocycles. The van der Waals surface area contributed by atoms with Crippen LogP contribution in [0.2, 0.25) is 0 Å². The standard InChI is InChI=1S/C25H23ClFN9O2.C25H25FN10O2.C25H24FN9O3/c1-38-23-7-5-21(36-14-28-31-33-36)19(24(23)27)4-6-22(37)20-13-35(32-30-20)12-18-11-34-10-17(15-2-3-15)8-16(9-26)25(34)29-18;1-38-23-7-5-21(36-14-28-31-33-36)19(24(23)26)4-6-22(37)20-13-35(32-30-20)12-18-11-34-10-17(15-2-3-15)8-16(9-27)25(34)29-18;1-38-23-7-5-21(35-14-27-30-32-35)19(24(23)26)4-6-22(37)20-12-34(31-29-20)11-18-10-33-9-16(15-2-3-15)8-17(13-36)25(33)28-18/h5,7-8,10-11,13-15H,2-4,6,9,12H2,1H3;5,7-8,10-11,13-15H,2-4,6,9,12,27H2,1H3;5,7-10,12,14-15,36H,2-4,6,11,13H2,1H3. The molecule has 12 aromatic heterocycles. The summed E-state index contributed by atoms with van der Waals surface area (Å²) in [6.07, 6.45) is 28.3. The Labute approximate surface area is 649 Å². The zero-order valence-corrected chi connectivity index (χ0v) is 62.4. The molecule has 3 aromatic carbocycles. The number of imidazole rings is 3. The summed E-state index contributed by atoms with van der Waals surface area (Å²) in [6, 6.07) is 15.7. The number of nitrogens with two attached hydrogens (primary N) is 1. The fraction of sp³-hybridized carbons (Fsp3) is 0.320. The number of halogens is 4. The van der Waals surface area contributed by atoms with Crippen molar-refractivity contribution in [3.8, 4) is 34.3 Å². The quantitative estimate of drug-likeness (QED) is 0.0317. The first-order chi connectivity index (χ1) is 55.6. The van der Waals surface area contributed by atoms with E-state index in [0.29, 0.717) is 72.5 Å². The number of methoxy groups -OCH3 is 3. The first kappa shape index (κ1) is 74.8. The predicted octanol–water partition coefficient (Wildman–Crippen LogP) is 8.06. The minimum atomic E-state index is -0.573. The monoisotopic (exact) mass is 1570 g/mol. The van der Waals surface area contributed by atoms with Crippen LogP contribution >= 0.6 is 11.6 Å². The number of benzene rings is 3. The molecule has 18 rings (SSSR count). The van der Waals surface area contributed by atoms with E-state index in [2.05, 4.69) is 113 Å². The van der Waals surface area contributed by atoms with Gasteiger partial charge in [-0.05, 0) is 178 Å². The number of Topliss-reactive ketones (excluding diaryl/α,β-unsaturated/α-hetero) is 3. The largest absolute Gasteiger partial charge is 0.494 e. The molecule has 0 radical (unpaired) electrons. The van der Waals surface area contributed by atoms with Crippen molar-refractivity contribution in [2.45, 2.75) is 133 Å². The molecule has 0 unspecified atom stereocenters. The number of aromatic nitrogens is 27. The fourth-order valence-electron chi connectivity index (χ4n) is 13.8. The maximum atomic E-state index is 15.1. The lowest BCUT2D eigenvalue weighted by Gasteiger charge is -2.12. The zero-order valence-electron chi connectivity index (χ0n) is 61.6. The Morgan fingerprint density at radius 3 is 1.08 bits per heavy atom. The number of aliphatic hydroxyl groups excluding tert-OH is 1. The molecule has 39 heteroatoms. The number of ether oxygens (including phenoxy) is 3. The van der Waals surface area contributed by atoms with Crippen LogP contribution in [0.15, 0.2) is 129 Å². The summed E-state index contributed by atoms with van der Waals surface area (Å²) in [7, 11) is 4.14. The van der Waals surface area contributed by atoms with E-state index in [1.165, 1.54) is 120 Å². The van der Waals surface area contributed by atoms with Crippen LogP contribution in [0.4, 0.5) is 13.2 Å². The predicted molar refractivity (Wildman–Crippen MR) is 397 cm³/mol. The van der Waals surface area contributed by atoms with Gasteiger partial charge in [0.25, 0.3) is 0 Å². The highest BCUT2D eigenvalue weighted by molar-refractivity contribution is 6.17. The summed E-state index contributed by atoms with van der Waals surface area (Å²) in [5.41, 5.74) is 19.7. The molecule has 0 atom stereocenters. The zero-order chi connectivity index (χ0) is 78.7. The molecule has 582 valence electrons. The molecular formula is C75H72ClF3N28O7. The van der Waals surface area contributed by atoms with Crippen molar-refractivity contribution in [1.29, 1.82) is 0 Å². The van der Waals surface area contributed by atoms with Gasteiger partial charge in [-0.1, -0.05) is 15.6 Å². The van der Waals surface area contributed by atoms with Crippen molar-refractivity contribution >= 4 is 45.9 Å². The van der Waals surface area contributed by atoms with Crippen molar-refractivity contribution in [3.05, 3.63) is 231 Å². The van der Waals surface area contributed by atoms with E-state index in [-0.39, 0.29) is 114 Å². The third-order valence-corrected chi connectivity index (χ3v) is 20.3. The van der Waals surface area contributed by atoms with Gasteiger partial charge in [0.05, 0.1) is 106 Å². The summed E-state index contributed by atoms with van der Waals surface area (Å²) in [6.45, 7) is 1.31. The van der Waals surface area contributed by atoms with Gasteiger partial charge in [-0.2, -0.15) is 0 Å². The van der Waals surface area contributed by atoms with Crippen LogP contribution < -0.4 is 19.9 Å². The summed E-state index contributed by atoms with van der Waals surface area (Å²) < 4.78 is 75.2. The molecule has 3 N–H and O–H groups in total. The van der Waals surface area contributed by atoms with Gasteiger partial charge in [0.15, 0.2) is 52.0 Å². The molecule has 0 amide bonds. The molecule has 3 fully saturated rings. The first-order valence-corrected chi connectivity index (χ1v) is 37.1. The van der Waals surface area contributed by atoms with Crippen molar-refractivity contribution in [1.82, 2.24) is 134 Å². The third kappa shape index (κ3) is 16.2. The van der Waals surface area contributed by atoms with Crippen LogP contribution in [0.3, 0.4) is 0 Å². The molecule has 0 spiro atoms. The molecular weight excluding hydrogens is 1500 g/mol. The Morgan fingerprint density at radius 2 is 0.781 bits per heavy atom. The molecule has 114 heavy (non-hydrogen) atoms. The van der Waals surface area contributed by atoms with Crippen LogP contribution in [0.25, 0.3) is 34.0 Å². The molecule has 0 aliphatic heterocycles. The summed E-state index contributed by atoms with van der Waals surface area (Å²) in [5, 5.41) is 67.3. The molecule has 15 aromatic rings. The number of hydrogen-bond acceptors (Lipinski definition) is 26.